The Bertz CT molecular complexity index is 342. The van der Waals surface area contributed by atoms with Gasteiger partial charge in [0.2, 0.25) is 0 Å². The summed E-state index contributed by atoms with van der Waals surface area (Å²) in [5.74, 6) is 0.788. The van der Waals surface area contributed by atoms with Gasteiger partial charge < -0.3 is 10.5 Å². The summed E-state index contributed by atoms with van der Waals surface area (Å²) in [5.41, 5.74) is 6.99. The predicted octanol–water partition coefficient (Wildman–Crippen LogP) is 3.74. The number of nitrogens with two attached hydrogens (primary N) is 1. The molecule has 0 heterocycles. The molecule has 1 rings (SSSR count). The molecule has 1 atom stereocenters. The lowest BCUT2D eigenvalue weighted by atomic mass is 10.0. The number of halogens is 2. The van der Waals surface area contributed by atoms with Crippen molar-refractivity contribution in [1.29, 1.82) is 0 Å². The van der Waals surface area contributed by atoms with E-state index >= 15 is 0 Å². The van der Waals surface area contributed by atoms with Crippen LogP contribution in [0.15, 0.2) is 30.9 Å². The van der Waals surface area contributed by atoms with Gasteiger partial charge in [-0.2, -0.15) is 0 Å². The van der Waals surface area contributed by atoms with Crippen LogP contribution >= 0.6 is 24.0 Å². The fourth-order valence-electron chi connectivity index (χ4n) is 1.45. The van der Waals surface area contributed by atoms with Gasteiger partial charge in [-0.05, 0) is 31.0 Å². The smallest absolute Gasteiger partial charge is 0.123 e. The van der Waals surface area contributed by atoms with Crippen molar-refractivity contribution in [2.75, 3.05) is 7.11 Å². The summed E-state index contributed by atoms with van der Waals surface area (Å²) in [6.07, 6.45) is 3.59. The lowest BCUT2D eigenvalue weighted by Crippen LogP contribution is -2.11. The molecule has 90 valence electrons. The number of hydrogen-bond acceptors (Lipinski definition) is 2. The van der Waals surface area contributed by atoms with E-state index in [0.717, 1.165) is 24.2 Å². The third-order valence-electron chi connectivity index (χ3n) is 2.27. The van der Waals surface area contributed by atoms with Crippen molar-refractivity contribution in [3.05, 3.63) is 41.4 Å². The Morgan fingerprint density at radius 1 is 1.56 bits per heavy atom. The Balaban J connectivity index is 0.00000225. The molecule has 0 aliphatic heterocycles. The summed E-state index contributed by atoms with van der Waals surface area (Å²) >= 11 is 5.92. The molecule has 1 aromatic carbocycles. The van der Waals surface area contributed by atoms with Crippen molar-refractivity contribution in [2.45, 2.75) is 18.9 Å². The second kappa shape index (κ2) is 7.55. The highest BCUT2D eigenvalue weighted by atomic mass is 35.5. The zero-order valence-corrected chi connectivity index (χ0v) is 10.9. The second-order valence-electron chi connectivity index (χ2n) is 3.36. The molecule has 2 nitrogen and oxygen atoms in total. The van der Waals surface area contributed by atoms with Crippen LogP contribution in [0.4, 0.5) is 0 Å². The highest BCUT2D eigenvalue weighted by Gasteiger charge is 2.11. The molecule has 0 spiro atoms. The van der Waals surface area contributed by atoms with Crippen LogP contribution in [0.2, 0.25) is 5.02 Å². The summed E-state index contributed by atoms with van der Waals surface area (Å²) < 4.78 is 5.24. The van der Waals surface area contributed by atoms with Gasteiger partial charge in [-0.15, -0.1) is 19.0 Å². The average molecular weight is 262 g/mol. The first kappa shape index (κ1) is 15.3. The topological polar surface area (TPSA) is 35.2 Å². The minimum absolute atomic E-state index is 0. The summed E-state index contributed by atoms with van der Waals surface area (Å²) in [5, 5.41) is 0.680. The molecule has 0 aliphatic carbocycles. The lowest BCUT2D eigenvalue weighted by Gasteiger charge is -2.15. The summed E-state index contributed by atoms with van der Waals surface area (Å²) in [6, 6.07) is 5.43. The molecule has 1 aromatic rings. The Morgan fingerprint density at radius 2 is 2.25 bits per heavy atom. The Labute approximate surface area is 108 Å². The number of hydrogen-bond donors (Lipinski definition) is 1. The minimum Gasteiger partial charge on any atom is -0.496 e. The molecule has 0 aliphatic rings. The minimum atomic E-state index is -0.0587. The largest absolute Gasteiger partial charge is 0.496 e. The monoisotopic (exact) mass is 261 g/mol. The quantitative estimate of drug-likeness (QED) is 0.820. The first-order chi connectivity index (χ1) is 7.19. The van der Waals surface area contributed by atoms with E-state index in [2.05, 4.69) is 6.58 Å². The van der Waals surface area contributed by atoms with Crippen molar-refractivity contribution in [3.63, 3.8) is 0 Å². The SMILES string of the molecule is C=CCC[C@@H](N)c1cc(Cl)ccc1OC.Cl. The summed E-state index contributed by atoms with van der Waals surface area (Å²) in [4.78, 5) is 0. The zero-order chi connectivity index (χ0) is 11.3. The Morgan fingerprint density at radius 3 is 2.81 bits per heavy atom. The highest BCUT2D eigenvalue weighted by Crippen LogP contribution is 2.29. The number of ether oxygens (including phenoxy) is 1. The molecule has 0 saturated heterocycles. The molecular weight excluding hydrogens is 245 g/mol. The van der Waals surface area contributed by atoms with E-state index in [-0.39, 0.29) is 18.4 Å². The maximum Gasteiger partial charge on any atom is 0.123 e. The number of allylic oxidation sites excluding steroid dienone is 1. The molecule has 0 bridgehead atoms. The molecule has 16 heavy (non-hydrogen) atoms. The highest BCUT2D eigenvalue weighted by molar-refractivity contribution is 6.30. The van der Waals surface area contributed by atoms with E-state index in [1.807, 2.05) is 18.2 Å². The Hall–Kier alpha value is -0.700. The van der Waals surface area contributed by atoms with Gasteiger partial charge in [0.15, 0.2) is 0 Å². The van der Waals surface area contributed by atoms with Crippen molar-refractivity contribution in [1.82, 2.24) is 0 Å². The van der Waals surface area contributed by atoms with E-state index in [9.17, 15) is 0 Å². The normalized spacial score (nSPS) is 11.4. The van der Waals surface area contributed by atoms with Crippen LogP contribution in [0, 0.1) is 0 Å². The molecular formula is C12H17Cl2NO. The third kappa shape index (κ3) is 4.05. The number of rotatable bonds is 5. The van der Waals surface area contributed by atoms with Crippen LogP contribution in [0.25, 0.3) is 0 Å². The van der Waals surface area contributed by atoms with Crippen LogP contribution in [0.1, 0.15) is 24.4 Å². The van der Waals surface area contributed by atoms with Crippen LogP contribution in [-0.4, -0.2) is 7.11 Å². The van der Waals surface area contributed by atoms with Crippen molar-refractivity contribution >= 4 is 24.0 Å². The zero-order valence-electron chi connectivity index (χ0n) is 9.28. The van der Waals surface area contributed by atoms with E-state index in [4.69, 9.17) is 22.1 Å². The van der Waals surface area contributed by atoms with Gasteiger partial charge in [0.05, 0.1) is 7.11 Å². The second-order valence-corrected chi connectivity index (χ2v) is 3.80. The maximum atomic E-state index is 6.04. The van der Waals surface area contributed by atoms with Gasteiger partial charge in [-0.3, -0.25) is 0 Å². The van der Waals surface area contributed by atoms with Gasteiger partial charge in [-0.1, -0.05) is 17.7 Å². The molecule has 0 amide bonds. The van der Waals surface area contributed by atoms with Crippen molar-refractivity contribution < 1.29 is 4.74 Å². The van der Waals surface area contributed by atoms with Gasteiger partial charge in [0, 0.05) is 16.6 Å². The van der Waals surface area contributed by atoms with Crippen LogP contribution in [-0.2, 0) is 0 Å². The van der Waals surface area contributed by atoms with Crippen molar-refractivity contribution in [2.24, 2.45) is 5.73 Å². The number of methoxy groups -OCH3 is 1. The fraction of sp³-hybridized carbons (Fsp3) is 0.333. The van der Waals surface area contributed by atoms with Gasteiger partial charge in [0.1, 0.15) is 5.75 Å². The molecule has 0 aromatic heterocycles. The molecule has 0 unspecified atom stereocenters. The van der Waals surface area contributed by atoms with Gasteiger partial charge in [-0.25, -0.2) is 0 Å². The number of benzene rings is 1. The molecule has 0 radical (unpaired) electrons. The summed E-state index contributed by atoms with van der Waals surface area (Å²) in [6.45, 7) is 3.67. The van der Waals surface area contributed by atoms with E-state index in [1.165, 1.54) is 0 Å². The van der Waals surface area contributed by atoms with Crippen LogP contribution < -0.4 is 10.5 Å². The van der Waals surface area contributed by atoms with Crippen molar-refractivity contribution in [3.8, 4) is 5.75 Å². The molecule has 0 fully saturated rings. The molecule has 4 heteroatoms. The first-order valence-electron chi connectivity index (χ1n) is 4.89. The van der Waals surface area contributed by atoms with Gasteiger partial charge >= 0.3 is 0 Å². The summed E-state index contributed by atoms with van der Waals surface area (Å²) in [7, 11) is 1.63. The van der Waals surface area contributed by atoms with Gasteiger partial charge in [0.25, 0.3) is 0 Å². The average Bonchev–Trinajstić information content (AvgIpc) is 2.25. The predicted molar refractivity (Wildman–Crippen MR) is 71.6 cm³/mol. The molecule has 2 N–H and O–H groups in total. The fourth-order valence-corrected chi connectivity index (χ4v) is 1.63. The van der Waals surface area contributed by atoms with Crippen LogP contribution in [0.3, 0.4) is 0 Å². The van der Waals surface area contributed by atoms with E-state index < -0.39 is 0 Å². The third-order valence-corrected chi connectivity index (χ3v) is 2.51. The van der Waals surface area contributed by atoms with E-state index in [0.29, 0.717) is 5.02 Å². The first-order valence-corrected chi connectivity index (χ1v) is 5.26. The lowest BCUT2D eigenvalue weighted by molar-refractivity contribution is 0.404. The van der Waals surface area contributed by atoms with Crippen LogP contribution in [0.5, 0.6) is 5.75 Å². The standard InChI is InChI=1S/C12H16ClNO.ClH/c1-3-4-5-11(14)10-8-9(13)6-7-12(10)15-2;/h3,6-8,11H,1,4-5,14H2,2H3;1H/t11-;/m1./s1. The Kier molecular flexibility index (Phi) is 7.22. The molecule has 0 saturated carbocycles. The van der Waals surface area contributed by atoms with E-state index in [1.54, 1.807) is 13.2 Å². The maximum absolute atomic E-state index is 6.04.